The van der Waals surface area contributed by atoms with Crippen LogP contribution in [-0.4, -0.2) is 36.6 Å². The fourth-order valence-corrected chi connectivity index (χ4v) is 3.79. The molecular formula is C19H17F3N2O2S. The molecular weight excluding hydrogens is 377 g/mol. The number of nitrogens with zero attached hydrogens (tertiary/aromatic N) is 1. The van der Waals surface area contributed by atoms with Gasteiger partial charge in [-0.2, -0.15) is 0 Å². The van der Waals surface area contributed by atoms with Gasteiger partial charge in [-0.15, -0.1) is 11.8 Å². The minimum Gasteiger partial charge on any atom is -0.344 e. The van der Waals surface area contributed by atoms with Crippen LogP contribution in [0.1, 0.15) is 11.5 Å². The van der Waals surface area contributed by atoms with Gasteiger partial charge >= 0.3 is 0 Å². The Kier molecular flexibility index (Phi) is 5.46. The van der Waals surface area contributed by atoms with E-state index in [1.807, 2.05) is 18.4 Å². The number of hydrogen-bond donors (Lipinski definition) is 1. The van der Waals surface area contributed by atoms with Gasteiger partial charge in [0.05, 0.1) is 5.69 Å². The topological polar surface area (TPSA) is 49.4 Å². The van der Waals surface area contributed by atoms with Crippen LogP contribution in [-0.2, 0) is 9.59 Å². The molecule has 1 aliphatic heterocycles. The summed E-state index contributed by atoms with van der Waals surface area (Å²) < 4.78 is 40.6. The number of rotatable bonds is 4. The largest absolute Gasteiger partial charge is 0.344 e. The first-order valence-corrected chi connectivity index (χ1v) is 9.39. The van der Waals surface area contributed by atoms with Gasteiger partial charge < -0.3 is 10.2 Å². The van der Waals surface area contributed by atoms with Crippen molar-refractivity contribution in [1.82, 2.24) is 4.90 Å². The average molecular weight is 394 g/mol. The van der Waals surface area contributed by atoms with Crippen LogP contribution in [0.4, 0.5) is 18.9 Å². The van der Waals surface area contributed by atoms with Crippen molar-refractivity contribution in [2.45, 2.75) is 10.8 Å². The molecule has 0 aromatic heterocycles. The molecule has 2 atom stereocenters. The highest BCUT2D eigenvalue weighted by Crippen LogP contribution is 2.36. The number of likely N-dealkylation sites (N-methyl/N-ethyl adjacent to an activating group) is 1. The number of anilines is 1. The molecule has 1 saturated heterocycles. The number of halogens is 3. The van der Waals surface area contributed by atoms with Crippen molar-refractivity contribution in [2.75, 3.05) is 25.2 Å². The Hall–Kier alpha value is -2.48. The zero-order valence-corrected chi connectivity index (χ0v) is 15.4. The van der Waals surface area contributed by atoms with E-state index in [-0.39, 0.29) is 12.1 Å². The van der Waals surface area contributed by atoms with E-state index in [2.05, 4.69) is 5.32 Å². The summed E-state index contributed by atoms with van der Waals surface area (Å²) in [5.41, 5.74) is 0.620. The number of hydrogen-bond acceptors (Lipinski definition) is 3. The third-order valence-corrected chi connectivity index (χ3v) is 5.39. The highest BCUT2D eigenvalue weighted by atomic mass is 32.2. The smallest absolute Gasteiger partial charge is 0.237 e. The lowest BCUT2D eigenvalue weighted by molar-refractivity contribution is -0.135. The fourth-order valence-electron chi connectivity index (χ4n) is 3.24. The highest BCUT2D eigenvalue weighted by Gasteiger charge is 2.44. The SMILES string of the molecule is CSc1ccccc1NC(=O)[C@H]1C(=O)N(C)C[C@@H]1c1cc(F)c(F)c(F)c1. The number of likely N-dealkylation sites (tertiary alicyclic amines) is 1. The van der Waals surface area contributed by atoms with Gasteiger partial charge in [0.25, 0.3) is 0 Å². The van der Waals surface area contributed by atoms with Crippen LogP contribution in [0.5, 0.6) is 0 Å². The number of carbonyl (C=O) groups excluding carboxylic acids is 2. The molecule has 0 bridgehead atoms. The Bertz CT molecular complexity index is 883. The lowest BCUT2D eigenvalue weighted by atomic mass is 9.87. The second-order valence-corrected chi connectivity index (χ2v) is 7.14. The molecule has 0 aliphatic carbocycles. The first-order valence-electron chi connectivity index (χ1n) is 8.16. The van der Waals surface area contributed by atoms with E-state index in [9.17, 15) is 22.8 Å². The summed E-state index contributed by atoms with van der Waals surface area (Å²) in [6.45, 7) is 0.103. The summed E-state index contributed by atoms with van der Waals surface area (Å²) in [6.07, 6.45) is 1.85. The Morgan fingerprint density at radius 3 is 2.44 bits per heavy atom. The van der Waals surface area contributed by atoms with E-state index in [4.69, 9.17) is 0 Å². The molecule has 1 heterocycles. The van der Waals surface area contributed by atoms with Crippen molar-refractivity contribution < 1.29 is 22.8 Å². The van der Waals surface area contributed by atoms with Crippen LogP contribution in [0.15, 0.2) is 41.3 Å². The summed E-state index contributed by atoms with van der Waals surface area (Å²) >= 11 is 1.43. The molecule has 0 saturated carbocycles. The van der Waals surface area contributed by atoms with Gasteiger partial charge in [0.2, 0.25) is 11.8 Å². The molecule has 4 nitrogen and oxygen atoms in total. The molecule has 2 aromatic rings. The highest BCUT2D eigenvalue weighted by molar-refractivity contribution is 7.98. The van der Waals surface area contributed by atoms with E-state index >= 15 is 0 Å². The van der Waals surface area contributed by atoms with E-state index in [0.717, 1.165) is 17.0 Å². The zero-order valence-electron chi connectivity index (χ0n) is 14.6. The maximum Gasteiger partial charge on any atom is 0.237 e. The van der Waals surface area contributed by atoms with Gasteiger partial charge in [0.15, 0.2) is 17.5 Å². The second kappa shape index (κ2) is 7.64. The van der Waals surface area contributed by atoms with Crippen LogP contribution in [0.25, 0.3) is 0 Å². The minimum absolute atomic E-state index is 0.0717. The van der Waals surface area contributed by atoms with Crippen LogP contribution >= 0.6 is 11.8 Å². The van der Waals surface area contributed by atoms with Crippen molar-refractivity contribution >= 4 is 29.3 Å². The van der Waals surface area contributed by atoms with Crippen molar-refractivity contribution in [3.05, 3.63) is 59.4 Å². The van der Waals surface area contributed by atoms with Crippen molar-refractivity contribution in [1.29, 1.82) is 0 Å². The summed E-state index contributed by atoms with van der Waals surface area (Å²) in [7, 11) is 1.51. The maximum absolute atomic E-state index is 13.6. The summed E-state index contributed by atoms with van der Waals surface area (Å²) in [5.74, 6) is -7.24. The Morgan fingerprint density at radius 1 is 1.19 bits per heavy atom. The second-order valence-electron chi connectivity index (χ2n) is 6.29. The van der Waals surface area contributed by atoms with E-state index in [0.29, 0.717) is 5.69 Å². The number of thioether (sulfide) groups is 1. The quantitative estimate of drug-likeness (QED) is 0.489. The molecule has 0 unspecified atom stereocenters. The molecule has 0 spiro atoms. The molecule has 2 amide bonds. The Morgan fingerprint density at radius 2 is 1.81 bits per heavy atom. The molecule has 142 valence electrons. The molecule has 27 heavy (non-hydrogen) atoms. The van der Waals surface area contributed by atoms with E-state index < -0.39 is 41.1 Å². The van der Waals surface area contributed by atoms with Crippen LogP contribution in [0.3, 0.4) is 0 Å². The van der Waals surface area contributed by atoms with E-state index in [1.54, 1.807) is 12.1 Å². The monoisotopic (exact) mass is 394 g/mol. The van der Waals surface area contributed by atoms with Crippen LogP contribution < -0.4 is 5.32 Å². The third kappa shape index (κ3) is 3.66. The molecule has 8 heteroatoms. The first-order chi connectivity index (χ1) is 12.8. The summed E-state index contributed by atoms with van der Waals surface area (Å²) in [6, 6.07) is 8.78. The number of amides is 2. The molecule has 1 N–H and O–H groups in total. The Balaban J connectivity index is 1.93. The Labute approximate surface area is 158 Å². The van der Waals surface area contributed by atoms with Gasteiger partial charge in [0, 0.05) is 24.4 Å². The maximum atomic E-state index is 13.6. The third-order valence-electron chi connectivity index (χ3n) is 4.60. The van der Waals surface area contributed by atoms with Gasteiger partial charge in [-0.25, -0.2) is 13.2 Å². The van der Waals surface area contributed by atoms with Crippen molar-refractivity contribution in [2.24, 2.45) is 5.92 Å². The zero-order chi connectivity index (χ0) is 19.7. The van der Waals surface area contributed by atoms with Crippen LogP contribution in [0, 0.1) is 23.4 Å². The van der Waals surface area contributed by atoms with Gasteiger partial charge in [-0.05, 0) is 36.1 Å². The van der Waals surface area contributed by atoms with Crippen LogP contribution in [0.2, 0.25) is 0 Å². The van der Waals surface area contributed by atoms with Gasteiger partial charge in [-0.3, -0.25) is 9.59 Å². The molecule has 2 aromatic carbocycles. The molecule has 3 rings (SSSR count). The fraction of sp³-hybridized carbons (Fsp3) is 0.263. The predicted molar refractivity (Wildman–Crippen MR) is 97.0 cm³/mol. The molecule has 1 fully saturated rings. The van der Waals surface area contributed by atoms with Gasteiger partial charge in [-0.1, -0.05) is 12.1 Å². The number of nitrogens with one attached hydrogen (secondary N) is 1. The number of para-hydroxylation sites is 1. The lowest BCUT2D eigenvalue weighted by Gasteiger charge is -2.18. The summed E-state index contributed by atoms with van der Waals surface area (Å²) in [4.78, 5) is 27.5. The predicted octanol–water partition coefficient (Wildman–Crippen LogP) is 3.64. The molecule has 1 aliphatic rings. The van der Waals surface area contributed by atoms with Crippen molar-refractivity contribution in [3.8, 4) is 0 Å². The van der Waals surface area contributed by atoms with Gasteiger partial charge in [0.1, 0.15) is 5.92 Å². The standard InChI is InChI=1S/C19H17F3N2O2S/c1-24-9-11(10-7-12(20)17(22)13(21)8-10)16(19(24)26)18(25)23-14-5-3-4-6-15(14)27-2/h3-8,11,16H,9H2,1-2H3,(H,23,25)/t11-,16+/m1/s1. The summed E-state index contributed by atoms with van der Waals surface area (Å²) in [5, 5.41) is 2.73. The average Bonchev–Trinajstić information content (AvgIpc) is 2.94. The number of benzene rings is 2. The first kappa shape index (κ1) is 19.3. The van der Waals surface area contributed by atoms with E-state index in [1.165, 1.54) is 23.7 Å². The minimum atomic E-state index is -1.58. The number of carbonyl (C=O) groups is 2. The normalized spacial score (nSPS) is 19.4. The molecule has 0 radical (unpaired) electrons. The van der Waals surface area contributed by atoms with Crippen molar-refractivity contribution in [3.63, 3.8) is 0 Å². The lowest BCUT2D eigenvalue weighted by Crippen LogP contribution is -2.32.